The number of hydrogen-bond acceptors (Lipinski definition) is 5. The molecule has 4 rings (SSSR count). The van der Waals surface area contributed by atoms with E-state index < -0.39 is 18.3 Å². The molecule has 0 unspecified atom stereocenters. The molecular formula is C21H20ClF3N4O3. The normalized spacial score (nSPS) is 15.8. The van der Waals surface area contributed by atoms with Gasteiger partial charge in [0.1, 0.15) is 11.6 Å². The zero-order valence-corrected chi connectivity index (χ0v) is 17.4. The second kappa shape index (κ2) is 10.5. The van der Waals surface area contributed by atoms with Crippen molar-refractivity contribution in [1.29, 1.82) is 0 Å². The lowest BCUT2D eigenvalue weighted by molar-refractivity contribution is -0.0498. The summed E-state index contributed by atoms with van der Waals surface area (Å²) in [5.74, 6) is -1.17. The van der Waals surface area contributed by atoms with Crippen LogP contribution in [0.2, 0.25) is 0 Å². The fourth-order valence-electron chi connectivity index (χ4n) is 3.19. The Balaban J connectivity index is 0.00000289. The van der Waals surface area contributed by atoms with E-state index in [1.807, 2.05) is 0 Å². The molecule has 1 aliphatic rings. The highest BCUT2D eigenvalue weighted by Crippen LogP contribution is 2.24. The molecule has 32 heavy (non-hydrogen) atoms. The number of anilines is 1. The number of benzene rings is 2. The number of amides is 1. The van der Waals surface area contributed by atoms with Gasteiger partial charge in [-0.1, -0.05) is 12.1 Å². The van der Waals surface area contributed by atoms with E-state index in [4.69, 9.17) is 4.74 Å². The van der Waals surface area contributed by atoms with Crippen LogP contribution in [0, 0.1) is 5.82 Å². The first-order chi connectivity index (χ1) is 15.0. The van der Waals surface area contributed by atoms with Crippen molar-refractivity contribution >= 4 is 24.0 Å². The highest BCUT2D eigenvalue weighted by molar-refractivity contribution is 6.04. The molecule has 0 saturated carbocycles. The topological polar surface area (TPSA) is 77.4 Å². The van der Waals surface area contributed by atoms with Gasteiger partial charge in [0.2, 0.25) is 0 Å². The van der Waals surface area contributed by atoms with Crippen LogP contribution in [-0.4, -0.2) is 42.0 Å². The fourth-order valence-corrected chi connectivity index (χ4v) is 3.19. The largest absolute Gasteiger partial charge is 0.435 e. The molecule has 2 N–H and O–H groups in total. The Labute approximate surface area is 187 Å². The van der Waals surface area contributed by atoms with Crippen molar-refractivity contribution < 1.29 is 27.4 Å². The Kier molecular flexibility index (Phi) is 7.73. The molecule has 1 aliphatic heterocycles. The third kappa shape index (κ3) is 5.58. The first-order valence-electron chi connectivity index (χ1n) is 9.52. The van der Waals surface area contributed by atoms with E-state index in [0.717, 1.165) is 6.54 Å². The zero-order chi connectivity index (χ0) is 21.8. The summed E-state index contributed by atoms with van der Waals surface area (Å²) in [4.78, 5) is 12.5. The molecule has 1 amide bonds. The van der Waals surface area contributed by atoms with Gasteiger partial charge >= 0.3 is 6.61 Å². The van der Waals surface area contributed by atoms with Gasteiger partial charge in [0.15, 0.2) is 0 Å². The lowest BCUT2D eigenvalue weighted by Crippen LogP contribution is -2.33. The Hall–Kier alpha value is -3.08. The molecule has 170 valence electrons. The van der Waals surface area contributed by atoms with Crippen LogP contribution >= 0.6 is 12.4 Å². The molecule has 0 radical (unpaired) electrons. The van der Waals surface area contributed by atoms with Gasteiger partial charge in [-0.25, -0.2) is 9.07 Å². The van der Waals surface area contributed by atoms with Crippen LogP contribution in [0.1, 0.15) is 22.0 Å². The van der Waals surface area contributed by atoms with Gasteiger partial charge in [0.05, 0.1) is 35.8 Å². The number of aromatic nitrogens is 2. The zero-order valence-electron chi connectivity index (χ0n) is 16.6. The second-order valence-corrected chi connectivity index (χ2v) is 6.81. The average molecular weight is 469 g/mol. The molecule has 0 aliphatic carbocycles. The number of rotatable bonds is 6. The summed E-state index contributed by atoms with van der Waals surface area (Å²) in [6, 6.07) is 10.4. The number of carbonyl (C=O) groups excluding carboxylic acids is 1. The van der Waals surface area contributed by atoms with E-state index >= 15 is 0 Å². The molecule has 2 heterocycles. The van der Waals surface area contributed by atoms with Gasteiger partial charge in [0, 0.05) is 25.4 Å². The summed E-state index contributed by atoms with van der Waals surface area (Å²) in [6.07, 6.45) is 2.46. The molecule has 2 aromatic carbocycles. The number of carbonyl (C=O) groups is 1. The molecule has 7 nitrogen and oxygen atoms in total. The van der Waals surface area contributed by atoms with Crippen molar-refractivity contribution in [1.82, 2.24) is 15.1 Å². The fraction of sp³-hybridized carbons (Fsp3) is 0.238. The van der Waals surface area contributed by atoms with Crippen LogP contribution < -0.4 is 15.4 Å². The van der Waals surface area contributed by atoms with E-state index in [1.165, 1.54) is 47.4 Å². The van der Waals surface area contributed by atoms with E-state index in [2.05, 4.69) is 20.5 Å². The quantitative estimate of drug-likeness (QED) is 0.573. The minimum atomic E-state index is -2.95. The number of nitrogens with zero attached hydrogens (tertiary/aromatic N) is 2. The number of hydrogen-bond donors (Lipinski definition) is 2. The van der Waals surface area contributed by atoms with Crippen LogP contribution in [0.5, 0.6) is 5.75 Å². The van der Waals surface area contributed by atoms with Crippen LogP contribution in [0.4, 0.5) is 18.9 Å². The van der Waals surface area contributed by atoms with Crippen molar-refractivity contribution in [2.24, 2.45) is 0 Å². The molecule has 1 fully saturated rings. The van der Waals surface area contributed by atoms with Gasteiger partial charge in [-0.05, 0) is 29.8 Å². The predicted molar refractivity (Wildman–Crippen MR) is 113 cm³/mol. The van der Waals surface area contributed by atoms with Crippen LogP contribution in [0.3, 0.4) is 0 Å². The number of ether oxygens (including phenoxy) is 2. The Morgan fingerprint density at radius 3 is 2.84 bits per heavy atom. The van der Waals surface area contributed by atoms with Gasteiger partial charge in [-0.3, -0.25) is 4.79 Å². The monoisotopic (exact) mass is 468 g/mol. The third-order valence-corrected chi connectivity index (χ3v) is 4.69. The van der Waals surface area contributed by atoms with E-state index in [0.29, 0.717) is 24.4 Å². The predicted octanol–water partition coefficient (Wildman–Crippen LogP) is 3.95. The number of alkyl halides is 2. The van der Waals surface area contributed by atoms with Crippen molar-refractivity contribution in [3.05, 3.63) is 71.8 Å². The van der Waals surface area contributed by atoms with Crippen molar-refractivity contribution in [2.75, 3.05) is 25.0 Å². The van der Waals surface area contributed by atoms with Crippen LogP contribution in [0.25, 0.3) is 5.69 Å². The Morgan fingerprint density at radius 2 is 2.12 bits per heavy atom. The first-order valence-corrected chi connectivity index (χ1v) is 9.52. The van der Waals surface area contributed by atoms with Crippen molar-refractivity contribution in [2.45, 2.75) is 12.7 Å². The number of morpholine rings is 1. The summed E-state index contributed by atoms with van der Waals surface area (Å²) >= 11 is 0. The Bertz CT molecular complexity index is 1070. The molecular weight excluding hydrogens is 449 g/mol. The third-order valence-electron chi connectivity index (χ3n) is 4.69. The molecule has 11 heteroatoms. The minimum Gasteiger partial charge on any atom is -0.435 e. The van der Waals surface area contributed by atoms with Gasteiger partial charge < -0.3 is 20.1 Å². The van der Waals surface area contributed by atoms with E-state index in [9.17, 15) is 18.0 Å². The maximum absolute atomic E-state index is 14.5. The summed E-state index contributed by atoms with van der Waals surface area (Å²) in [7, 11) is 0. The highest BCUT2D eigenvalue weighted by atomic mass is 35.5. The molecule has 1 atom stereocenters. The standard InChI is InChI=1S/C21H19F3N4O3.ClH/c22-17-8-13(19-11-25-6-7-30-19)4-5-18(17)27-20(29)14-10-26-28(12-14)15-2-1-3-16(9-15)31-21(23)24;/h1-5,8-10,12,19,21,25H,6-7,11H2,(H,27,29);1H/t19-;/m1./s1. The maximum atomic E-state index is 14.5. The summed E-state index contributed by atoms with van der Waals surface area (Å²) in [6.45, 7) is -1.05. The molecule has 0 bridgehead atoms. The van der Waals surface area contributed by atoms with Gasteiger partial charge in [-0.15, -0.1) is 12.4 Å². The van der Waals surface area contributed by atoms with E-state index in [-0.39, 0.29) is 35.5 Å². The summed E-state index contributed by atoms with van der Waals surface area (Å²) < 4.78 is 50.6. The SMILES string of the molecule is Cl.O=C(Nc1ccc([C@H]2CNCCO2)cc1F)c1cnn(-c2cccc(OC(F)F)c2)c1. The van der Waals surface area contributed by atoms with Gasteiger partial charge in [0.25, 0.3) is 5.91 Å². The maximum Gasteiger partial charge on any atom is 0.387 e. The van der Waals surface area contributed by atoms with Crippen molar-refractivity contribution in [3.63, 3.8) is 0 Å². The van der Waals surface area contributed by atoms with Crippen LogP contribution in [0.15, 0.2) is 54.9 Å². The number of nitrogens with one attached hydrogen (secondary N) is 2. The molecule has 0 spiro atoms. The second-order valence-electron chi connectivity index (χ2n) is 6.81. The smallest absolute Gasteiger partial charge is 0.387 e. The Morgan fingerprint density at radius 1 is 1.28 bits per heavy atom. The number of halogens is 4. The van der Waals surface area contributed by atoms with Gasteiger partial charge in [-0.2, -0.15) is 13.9 Å². The minimum absolute atomic E-state index is 0. The first kappa shape index (κ1) is 23.6. The lowest BCUT2D eigenvalue weighted by atomic mass is 10.1. The molecule has 1 aromatic heterocycles. The molecule has 3 aromatic rings. The van der Waals surface area contributed by atoms with Crippen LogP contribution in [-0.2, 0) is 4.74 Å². The van der Waals surface area contributed by atoms with Crippen molar-refractivity contribution in [3.8, 4) is 11.4 Å². The summed E-state index contributed by atoms with van der Waals surface area (Å²) in [5, 5.41) is 9.75. The molecule has 1 saturated heterocycles. The summed E-state index contributed by atoms with van der Waals surface area (Å²) in [5.41, 5.74) is 1.30. The van der Waals surface area contributed by atoms with E-state index in [1.54, 1.807) is 12.1 Å². The average Bonchev–Trinajstić information content (AvgIpc) is 3.26. The lowest BCUT2D eigenvalue weighted by Gasteiger charge is -2.24. The highest BCUT2D eigenvalue weighted by Gasteiger charge is 2.18.